The minimum absolute atomic E-state index is 0.00301. The van der Waals surface area contributed by atoms with Gasteiger partial charge in [0.25, 0.3) is 0 Å². The van der Waals surface area contributed by atoms with E-state index in [0.29, 0.717) is 37.3 Å². The lowest BCUT2D eigenvalue weighted by atomic mass is 9.54. The number of aliphatic hydroxyl groups excluding tert-OH is 1. The summed E-state index contributed by atoms with van der Waals surface area (Å²) in [5.41, 5.74) is -3.37. The van der Waals surface area contributed by atoms with Crippen molar-refractivity contribution in [3.8, 4) is 6.07 Å². The van der Waals surface area contributed by atoms with Crippen molar-refractivity contribution in [2.24, 2.45) is 0 Å². The summed E-state index contributed by atoms with van der Waals surface area (Å²) in [6.07, 6.45) is 1.78. The molecule has 3 N–H and O–H groups in total. The van der Waals surface area contributed by atoms with E-state index < -0.39 is 139 Å². The molecular formula is C76H77ClF14N2O9. The molecule has 0 amide bonds. The van der Waals surface area contributed by atoms with Crippen LogP contribution in [0.5, 0.6) is 0 Å². The van der Waals surface area contributed by atoms with Gasteiger partial charge in [-0.05, 0) is 239 Å². The molecule has 26 heteroatoms. The molecule has 7 aromatic carbocycles. The van der Waals surface area contributed by atoms with E-state index in [1.807, 2.05) is 13.8 Å². The second kappa shape index (κ2) is 35.0. The fourth-order valence-electron chi connectivity index (χ4n) is 11.9. The van der Waals surface area contributed by atoms with Gasteiger partial charge in [-0.25, -0.2) is 72.8 Å². The zero-order valence-electron chi connectivity index (χ0n) is 58.3. The first-order chi connectivity index (χ1) is 47.3. The number of carboxylic acid groups (broad SMARTS) is 2. The lowest BCUT2D eigenvalue weighted by molar-refractivity contribution is -0.167. The number of hydrogen-bond donors (Lipinski definition) is 3. The van der Waals surface area contributed by atoms with Crippen molar-refractivity contribution >= 4 is 29.3 Å². The van der Waals surface area contributed by atoms with Crippen LogP contribution in [0.2, 0.25) is 0 Å². The van der Waals surface area contributed by atoms with E-state index in [4.69, 9.17) is 42.6 Å². The number of rotatable bonds is 12. The number of carbonyl (C=O) groups is 3. The van der Waals surface area contributed by atoms with Gasteiger partial charge in [0, 0.05) is 49.1 Å². The summed E-state index contributed by atoms with van der Waals surface area (Å²) in [5.74, 6) is -10.6. The van der Waals surface area contributed by atoms with Crippen LogP contribution in [0.25, 0.3) is 4.85 Å². The van der Waals surface area contributed by atoms with E-state index in [1.54, 1.807) is 21.1 Å². The molecule has 0 saturated heterocycles. The number of carboxylic acids is 2. The van der Waals surface area contributed by atoms with Crippen LogP contribution < -0.4 is 0 Å². The highest BCUT2D eigenvalue weighted by molar-refractivity contribution is 6.17. The molecule has 0 radical (unpaired) electrons. The van der Waals surface area contributed by atoms with Gasteiger partial charge < -0.3 is 34.4 Å². The summed E-state index contributed by atoms with van der Waals surface area (Å²) in [4.78, 5) is 36.7. The maximum atomic E-state index is 14.1. The van der Waals surface area contributed by atoms with Gasteiger partial charge in [0.1, 0.15) is 92.6 Å². The van der Waals surface area contributed by atoms with Crippen LogP contribution >= 0.6 is 11.6 Å². The largest absolute Gasteiger partial charge is 0.481 e. The number of aromatic carboxylic acids is 1. The number of ketones is 1. The van der Waals surface area contributed by atoms with E-state index in [1.165, 1.54) is 62.5 Å². The Bertz CT molecular complexity index is 4170. The third-order valence-corrected chi connectivity index (χ3v) is 18.4. The Morgan fingerprint density at radius 2 is 0.745 bits per heavy atom. The number of halogens is 15. The first kappa shape index (κ1) is 85.7. The number of nitriles is 1. The fourth-order valence-corrected chi connectivity index (χ4v) is 12.1. The van der Waals surface area contributed by atoms with Gasteiger partial charge in [-0.3, -0.25) is 9.59 Å². The summed E-state index contributed by atoms with van der Waals surface area (Å²) in [6, 6.07) is 16.8. The van der Waals surface area contributed by atoms with Gasteiger partial charge in [-0.1, -0.05) is 0 Å². The second-order valence-corrected chi connectivity index (χ2v) is 26.3. The molecule has 0 aromatic heterocycles. The smallest absolute Gasteiger partial charge is 0.338 e. The van der Waals surface area contributed by atoms with Crippen LogP contribution in [-0.2, 0) is 59.1 Å². The number of benzene rings is 7. The van der Waals surface area contributed by atoms with E-state index >= 15 is 0 Å². The predicted octanol–water partition coefficient (Wildman–Crippen LogP) is 18.8. The van der Waals surface area contributed by atoms with Gasteiger partial charge >= 0.3 is 11.9 Å². The molecular weight excluding hydrogens is 1390 g/mol. The summed E-state index contributed by atoms with van der Waals surface area (Å²) < 4.78 is 201. The molecule has 0 bridgehead atoms. The normalized spacial score (nSPS) is 21.1. The number of aliphatic hydroxyl groups is 1. The number of ether oxygens (including phenoxy) is 3. The molecule has 10 rings (SSSR count). The molecule has 3 aliphatic rings. The maximum Gasteiger partial charge on any atom is 0.338 e. The zero-order valence-corrected chi connectivity index (χ0v) is 59.1. The van der Waals surface area contributed by atoms with Crippen LogP contribution in [0.1, 0.15) is 149 Å². The Balaban J connectivity index is 0.000000255. The van der Waals surface area contributed by atoms with Crippen molar-refractivity contribution in [3.63, 3.8) is 0 Å². The number of nitrogens with zero attached hydrogens (tertiary/aromatic N) is 2. The minimum Gasteiger partial charge on any atom is -0.481 e. The molecule has 3 saturated carbocycles. The van der Waals surface area contributed by atoms with Crippen LogP contribution in [0.4, 0.5) is 61.5 Å². The number of alkyl halides is 1. The lowest BCUT2D eigenvalue weighted by Crippen LogP contribution is -2.58. The van der Waals surface area contributed by atoms with Gasteiger partial charge in [0.2, 0.25) is 6.54 Å². The van der Waals surface area contributed by atoms with Gasteiger partial charge in [0.05, 0.1) is 57.3 Å². The highest BCUT2D eigenvalue weighted by Gasteiger charge is 2.60. The molecule has 550 valence electrons. The van der Waals surface area contributed by atoms with E-state index in [0.717, 1.165) is 78.9 Å². The number of carbonyl (C=O) groups excluding carboxylic acids is 1. The Kier molecular flexibility index (Phi) is 29.4. The van der Waals surface area contributed by atoms with Crippen LogP contribution in [-0.4, -0.2) is 71.2 Å². The number of aliphatic carboxylic acids is 1. The van der Waals surface area contributed by atoms with E-state index in [9.17, 15) is 86.2 Å². The van der Waals surface area contributed by atoms with E-state index in [2.05, 4.69) is 10.9 Å². The van der Waals surface area contributed by atoms with Gasteiger partial charge in [0.15, 0.2) is 0 Å². The molecule has 0 spiro atoms. The number of methoxy groups -OCH3 is 3. The van der Waals surface area contributed by atoms with Crippen molar-refractivity contribution in [1.29, 1.82) is 5.26 Å². The highest BCUT2D eigenvalue weighted by Crippen LogP contribution is 2.55. The molecule has 0 atom stereocenters. The van der Waals surface area contributed by atoms with E-state index in [-0.39, 0.29) is 97.8 Å². The van der Waals surface area contributed by atoms with Crippen LogP contribution in [0.3, 0.4) is 0 Å². The number of aryl methyl sites for hydroxylation is 7. The summed E-state index contributed by atoms with van der Waals surface area (Å²) in [6.45, 7) is 23.1. The average Bonchev–Trinajstić information content (AvgIpc) is 0.733. The third-order valence-electron chi connectivity index (χ3n) is 18.1. The molecule has 0 unspecified atom stereocenters. The highest BCUT2D eigenvalue weighted by atomic mass is 35.5. The number of hydrogen-bond acceptors (Lipinski definition) is 8. The minimum atomic E-state index is -1.47. The van der Waals surface area contributed by atoms with Crippen molar-refractivity contribution in [1.82, 2.24) is 0 Å². The quantitative estimate of drug-likeness (QED) is 0.0608. The molecule has 0 heterocycles. The molecule has 11 nitrogen and oxygen atoms in total. The van der Waals surface area contributed by atoms with Crippen LogP contribution in [0.15, 0.2) is 84.9 Å². The van der Waals surface area contributed by atoms with Crippen molar-refractivity contribution in [2.75, 3.05) is 21.3 Å². The molecule has 3 fully saturated rings. The SMILES string of the molecule is COC1(C)CC(C#N)(c2cc(F)c(C)cc2F)C1.COC1(C)CC(C(=O)O)(c2cc(F)c(C)cc2F)C1.COC1(C)CC(C(C)=O)(c2cc(F)c(C)cc2F)C1.Cc1cc(F)c(C(=O)O)cc1F.Cc1cc(F)c(CCl)cc1F.Cc1cc(F)c(CO)cc1F.[C-]#[N+]Cc1cc(F)c(C)cc1F. The van der Waals surface area contributed by atoms with Crippen molar-refractivity contribution in [2.45, 2.75) is 167 Å². The maximum absolute atomic E-state index is 14.1. The van der Waals surface area contributed by atoms with Gasteiger partial charge in [-0.2, -0.15) is 5.26 Å². The Labute approximate surface area is 587 Å². The first-order valence-electron chi connectivity index (χ1n) is 31.0. The summed E-state index contributed by atoms with van der Waals surface area (Å²) in [5, 5.41) is 35.6. The molecule has 102 heavy (non-hydrogen) atoms. The molecule has 3 aliphatic carbocycles. The van der Waals surface area contributed by atoms with Crippen LogP contribution in [0, 0.1) is 148 Å². The topological polar surface area (TPSA) is 168 Å². The predicted molar refractivity (Wildman–Crippen MR) is 353 cm³/mol. The lowest BCUT2D eigenvalue weighted by Gasteiger charge is -2.52. The van der Waals surface area contributed by atoms with Crippen molar-refractivity contribution in [3.05, 3.63) is 256 Å². The second-order valence-electron chi connectivity index (χ2n) is 26.1. The summed E-state index contributed by atoms with van der Waals surface area (Å²) in [7, 11) is 4.61. The Morgan fingerprint density at radius 3 is 1.09 bits per heavy atom. The number of Topliss-reactive ketones (excluding diaryl/α,β-unsaturated/α-hetero) is 1. The monoisotopic (exact) mass is 1460 g/mol. The third kappa shape index (κ3) is 20.1. The fraction of sp³-hybridized carbons (Fsp3) is 0.382. The average molecular weight is 1460 g/mol. The molecule has 7 aromatic rings. The first-order valence-corrected chi connectivity index (χ1v) is 31.6. The Hall–Kier alpha value is -8.72. The van der Waals surface area contributed by atoms with Crippen molar-refractivity contribution < 1.29 is 105 Å². The van der Waals surface area contributed by atoms with Gasteiger partial charge in [-0.15, -0.1) is 11.6 Å². The Morgan fingerprint density at radius 1 is 0.451 bits per heavy atom. The zero-order chi connectivity index (χ0) is 77.7. The standard InChI is InChI=1S/C15H18F2O2.C14H15F2NO.C14H16F2O3.C9H7F2N.C8H7ClF2.C8H6F2O2.C8H8F2O/c1-9-5-13(17)11(6-12(9)16)15(10(2)18)7-14(3,8-15)19-4;1-9-4-12(16)10(5-11(9)15)14(8-17)6-13(2,7-14)18-3;1-8-4-11(16)9(5-10(8)15)14(12(17)18)6-13(2,7-14)19-3;1-6-3-9(11)7(5-12-2)4-8(6)10;1-5-2-8(11)6(4-9)3-7(5)10;1-4-2-7(10)5(8(11)12)3-6(4)9;1-5-2-8(10)6(4-11)3-7(5)9/h5-6H,7-8H2,1-4H3;4-5H,6-7H2,1-3H3;4-5H,6-7H2,1-3H3,(H,17,18);3-4H,5H2,1H3;2-3H,4H2,1H3;2-3H,1H3,(H,11,12);2-3,11H,4H2,1H3. The summed E-state index contributed by atoms with van der Waals surface area (Å²) >= 11 is 5.35. The molecule has 0 aliphatic heterocycles.